The van der Waals surface area contributed by atoms with Gasteiger partial charge in [0.05, 0.1) is 6.04 Å². The number of hydrogen-bond acceptors (Lipinski definition) is 7. The minimum absolute atomic E-state index is 0.0187. The number of hydrogen-bond donors (Lipinski definition) is 2. The fourth-order valence-electron chi connectivity index (χ4n) is 1.80. The van der Waals surface area contributed by atoms with Gasteiger partial charge in [0.15, 0.2) is 0 Å². The number of amides is 2. The van der Waals surface area contributed by atoms with E-state index in [2.05, 4.69) is 15.5 Å². The van der Waals surface area contributed by atoms with Gasteiger partial charge in [0, 0.05) is 0 Å². The number of piperazine rings is 1. The van der Waals surface area contributed by atoms with Crippen molar-refractivity contribution in [1.82, 2.24) is 15.5 Å². The molecule has 2 heterocycles. The molecule has 1 aromatic rings. The second-order valence-electron chi connectivity index (χ2n) is 4.18. The van der Waals surface area contributed by atoms with Gasteiger partial charge in [0.1, 0.15) is 12.6 Å². The molecule has 8 nitrogen and oxygen atoms in total. The lowest BCUT2D eigenvalue weighted by Crippen LogP contribution is -2.58. The second-order valence-corrected chi connectivity index (χ2v) is 4.18. The first-order chi connectivity index (χ1) is 8.52. The van der Waals surface area contributed by atoms with Crippen LogP contribution in [0.4, 0.5) is 6.01 Å². The van der Waals surface area contributed by atoms with Gasteiger partial charge in [-0.3, -0.25) is 14.9 Å². The van der Waals surface area contributed by atoms with E-state index in [1.807, 2.05) is 6.92 Å². The number of carbonyl (C=O) groups is 2. The van der Waals surface area contributed by atoms with Crippen molar-refractivity contribution in [3.63, 3.8) is 0 Å². The monoisotopic (exact) mass is 253 g/mol. The van der Waals surface area contributed by atoms with E-state index in [0.29, 0.717) is 6.42 Å². The Morgan fingerprint density at radius 1 is 1.56 bits per heavy atom. The summed E-state index contributed by atoms with van der Waals surface area (Å²) in [6.07, 6.45) is 0.537. The van der Waals surface area contributed by atoms with Crippen LogP contribution in [-0.2, 0) is 9.59 Å². The predicted octanol–water partition coefficient (Wildman–Crippen LogP) is -0.669. The van der Waals surface area contributed by atoms with Crippen LogP contribution >= 0.6 is 0 Å². The number of aromatic nitrogens is 2. The van der Waals surface area contributed by atoms with Gasteiger partial charge in [-0.25, -0.2) is 0 Å². The average molecular weight is 253 g/mol. The molecule has 3 N–H and O–H groups in total. The third-order valence-electron chi connectivity index (χ3n) is 2.71. The minimum Gasteiger partial charge on any atom is -0.406 e. The molecule has 2 amide bonds. The Morgan fingerprint density at radius 2 is 2.28 bits per heavy atom. The van der Waals surface area contributed by atoms with E-state index in [1.165, 1.54) is 4.90 Å². The van der Waals surface area contributed by atoms with Gasteiger partial charge in [-0.05, 0) is 13.3 Å². The summed E-state index contributed by atoms with van der Waals surface area (Å²) in [5.74, 6) is -0.460. The number of rotatable bonds is 3. The molecule has 98 valence electrons. The molecule has 0 aromatic carbocycles. The van der Waals surface area contributed by atoms with Gasteiger partial charge in [-0.1, -0.05) is 12.0 Å². The summed E-state index contributed by atoms with van der Waals surface area (Å²) in [5, 5.41) is 9.88. The number of nitrogens with two attached hydrogens (primary N) is 1. The Morgan fingerprint density at radius 3 is 2.83 bits per heavy atom. The summed E-state index contributed by atoms with van der Waals surface area (Å²) in [7, 11) is 0. The van der Waals surface area contributed by atoms with E-state index in [1.54, 1.807) is 6.92 Å². The Labute approximate surface area is 104 Å². The average Bonchev–Trinajstić information content (AvgIpc) is 2.77. The molecule has 2 atom stereocenters. The van der Waals surface area contributed by atoms with Crippen LogP contribution in [0.3, 0.4) is 0 Å². The van der Waals surface area contributed by atoms with E-state index < -0.39 is 6.04 Å². The smallest absolute Gasteiger partial charge is 0.319 e. The van der Waals surface area contributed by atoms with E-state index in [9.17, 15) is 9.59 Å². The van der Waals surface area contributed by atoms with Crippen molar-refractivity contribution in [2.75, 3.05) is 11.4 Å². The summed E-state index contributed by atoms with van der Waals surface area (Å²) in [6, 6.07) is -0.720. The Balaban J connectivity index is 2.27. The topological polar surface area (TPSA) is 114 Å². The highest BCUT2D eigenvalue weighted by molar-refractivity contribution is 6.04. The van der Waals surface area contributed by atoms with Gasteiger partial charge in [-0.15, -0.1) is 5.10 Å². The predicted molar refractivity (Wildman–Crippen MR) is 61.5 cm³/mol. The molecule has 2 rings (SSSR count). The van der Waals surface area contributed by atoms with E-state index in [4.69, 9.17) is 10.2 Å². The zero-order valence-electron chi connectivity index (χ0n) is 10.2. The third kappa shape index (κ3) is 2.19. The van der Waals surface area contributed by atoms with Crippen molar-refractivity contribution in [2.24, 2.45) is 5.73 Å². The van der Waals surface area contributed by atoms with E-state index in [-0.39, 0.29) is 36.3 Å². The summed E-state index contributed by atoms with van der Waals surface area (Å²) in [4.78, 5) is 24.5. The molecule has 1 aliphatic rings. The van der Waals surface area contributed by atoms with Crippen LogP contribution in [0.1, 0.15) is 32.2 Å². The van der Waals surface area contributed by atoms with Crippen LogP contribution in [0.25, 0.3) is 0 Å². The first-order valence-electron chi connectivity index (χ1n) is 5.72. The summed E-state index contributed by atoms with van der Waals surface area (Å²) in [6.45, 7) is 3.57. The fraction of sp³-hybridized carbons (Fsp3) is 0.600. The Kier molecular flexibility index (Phi) is 3.28. The van der Waals surface area contributed by atoms with E-state index in [0.717, 1.165) is 0 Å². The van der Waals surface area contributed by atoms with Crippen LogP contribution in [0, 0.1) is 0 Å². The molecule has 1 saturated heterocycles. The van der Waals surface area contributed by atoms with E-state index >= 15 is 0 Å². The fourth-order valence-corrected chi connectivity index (χ4v) is 1.80. The lowest BCUT2D eigenvalue weighted by molar-refractivity contribution is -0.133. The van der Waals surface area contributed by atoms with Crippen molar-refractivity contribution in [1.29, 1.82) is 0 Å². The minimum atomic E-state index is -0.482. The van der Waals surface area contributed by atoms with Crippen molar-refractivity contribution < 1.29 is 14.0 Å². The Bertz CT molecular complexity index is 470. The summed E-state index contributed by atoms with van der Waals surface area (Å²) >= 11 is 0. The van der Waals surface area contributed by atoms with Gasteiger partial charge in [0.25, 0.3) is 0 Å². The number of nitrogens with zero attached hydrogens (tertiary/aromatic N) is 3. The van der Waals surface area contributed by atoms with Crippen molar-refractivity contribution in [2.45, 2.75) is 32.4 Å². The molecule has 0 bridgehead atoms. The first-order valence-corrected chi connectivity index (χ1v) is 5.72. The van der Waals surface area contributed by atoms with Gasteiger partial charge >= 0.3 is 6.01 Å². The maximum absolute atomic E-state index is 11.7. The molecule has 1 fully saturated rings. The zero-order valence-corrected chi connectivity index (χ0v) is 10.2. The zero-order chi connectivity index (χ0) is 13.3. The molecule has 1 aliphatic heterocycles. The molecule has 2 unspecified atom stereocenters. The maximum atomic E-state index is 11.7. The lowest BCUT2D eigenvalue weighted by atomic mass is 10.1. The largest absolute Gasteiger partial charge is 0.406 e. The SMILES string of the molecule is CCC1C(=O)NC(=O)CN1c1nnc(C(C)N)o1. The summed E-state index contributed by atoms with van der Waals surface area (Å²) in [5.41, 5.74) is 5.62. The molecular weight excluding hydrogens is 238 g/mol. The van der Waals surface area contributed by atoms with Crippen LogP contribution in [-0.4, -0.2) is 34.6 Å². The van der Waals surface area contributed by atoms with Crippen molar-refractivity contribution in [3.05, 3.63) is 5.89 Å². The van der Waals surface area contributed by atoms with Crippen LogP contribution in [0.15, 0.2) is 4.42 Å². The van der Waals surface area contributed by atoms with Crippen LogP contribution < -0.4 is 16.0 Å². The number of nitrogens with one attached hydrogen (secondary N) is 1. The maximum Gasteiger partial charge on any atom is 0.319 e. The molecule has 0 spiro atoms. The highest BCUT2D eigenvalue weighted by atomic mass is 16.4. The van der Waals surface area contributed by atoms with Crippen LogP contribution in [0.5, 0.6) is 0 Å². The highest BCUT2D eigenvalue weighted by Gasteiger charge is 2.35. The highest BCUT2D eigenvalue weighted by Crippen LogP contribution is 2.21. The van der Waals surface area contributed by atoms with Gasteiger partial charge < -0.3 is 15.1 Å². The first kappa shape index (κ1) is 12.5. The standard InChI is InChI=1S/C10H15N5O3/c1-3-6-8(17)12-7(16)4-15(6)10-14-13-9(18-10)5(2)11/h5-6H,3-4,11H2,1-2H3,(H,12,16,17). The lowest BCUT2D eigenvalue weighted by Gasteiger charge is -2.31. The Hall–Kier alpha value is -1.96. The summed E-state index contributed by atoms with van der Waals surface area (Å²) < 4.78 is 5.36. The molecule has 18 heavy (non-hydrogen) atoms. The van der Waals surface area contributed by atoms with Crippen molar-refractivity contribution >= 4 is 17.8 Å². The quantitative estimate of drug-likeness (QED) is 0.686. The molecule has 0 radical (unpaired) electrons. The number of carbonyl (C=O) groups excluding carboxylic acids is 2. The second kappa shape index (κ2) is 4.73. The molecule has 8 heteroatoms. The molecule has 0 aliphatic carbocycles. The van der Waals surface area contributed by atoms with Gasteiger partial charge in [-0.2, -0.15) is 0 Å². The molecular formula is C10H15N5O3. The number of imide groups is 1. The van der Waals surface area contributed by atoms with Crippen LogP contribution in [0.2, 0.25) is 0 Å². The molecule has 0 saturated carbocycles. The normalized spacial score (nSPS) is 21.9. The molecule has 1 aromatic heterocycles. The number of anilines is 1. The van der Waals surface area contributed by atoms with Gasteiger partial charge in [0.2, 0.25) is 17.7 Å². The van der Waals surface area contributed by atoms with Crippen molar-refractivity contribution in [3.8, 4) is 0 Å². The third-order valence-corrected chi connectivity index (χ3v) is 2.71.